The van der Waals surface area contributed by atoms with Crippen LogP contribution < -0.4 is 5.32 Å². The second-order valence-corrected chi connectivity index (χ2v) is 7.57. The molecule has 27 heavy (non-hydrogen) atoms. The van der Waals surface area contributed by atoms with Gasteiger partial charge >= 0.3 is 0 Å². The maximum absolute atomic E-state index is 12.3. The van der Waals surface area contributed by atoms with Crippen molar-refractivity contribution in [1.82, 2.24) is 15.2 Å². The third-order valence-corrected chi connectivity index (χ3v) is 5.22. The zero-order chi connectivity index (χ0) is 19.4. The Morgan fingerprint density at radius 2 is 1.78 bits per heavy atom. The van der Waals surface area contributed by atoms with Crippen LogP contribution in [0.15, 0.2) is 41.6 Å². The Hall–Kier alpha value is -2.60. The lowest BCUT2D eigenvalue weighted by molar-refractivity contribution is -0.113. The van der Waals surface area contributed by atoms with Gasteiger partial charge in [0.15, 0.2) is 5.82 Å². The van der Waals surface area contributed by atoms with E-state index in [-0.39, 0.29) is 11.7 Å². The molecule has 0 aliphatic heterocycles. The quantitative estimate of drug-likeness (QED) is 0.609. The molecule has 6 heteroatoms. The summed E-state index contributed by atoms with van der Waals surface area (Å²) in [6.07, 6.45) is 1.01. The van der Waals surface area contributed by atoms with E-state index in [1.165, 1.54) is 22.9 Å². The summed E-state index contributed by atoms with van der Waals surface area (Å²) in [5.41, 5.74) is 6.49. The Morgan fingerprint density at radius 1 is 1.11 bits per heavy atom. The molecule has 0 spiro atoms. The number of aromatic nitrogens is 3. The van der Waals surface area contributed by atoms with Gasteiger partial charge in [-0.1, -0.05) is 60.6 Å². The van der Waals surface area contributed by atoms with Crippen molar-refractivity contribution in [3.8, 4) is 11.4 Å². The molecule has 0 aliphatic carbocycles. The number of hydrogen-bond donors (Lipinski definition) is 2. The summed E-state index contributed by atoms with van der Waals surface area (Å²) in [7, 11) is 0. The summed E-state index contributed by atoms with van der Waals surface area (Å²) in [5.74, 6) is 0.915. The number of anilines is 1. The third-order valence-electron chi connectivity index (χ3n) is 4.37. The molecule has 2 aromatic carbocycles. The van der Waals surface area contributed by atoms with Crippen molar-refractivity contribution in [3.05, 3.63) is 58.7 Å². The Bertz CT molecular complexity index is 924. The molecular formula is C21H24N4OS. The molecule has 0 fully saturated rings. The minimum Gasteiger partial charge on any atom is -0.325 e. The lowest BCUT2D eigenvalue weighted by Crippen LogP contribution is -2.16. The number of amides is 1. The number of H-pyrrole nitrogens is 1. The number of aryl methyl sites for hydroxylation is 4. The van der Waals surface area contributed by atoms with Gasteiger partial charge in [0.1, 0.15) is 0 Å². The molecule has 2 N–H and O–H groups in total. The maximum Gasteiger partial charge on any atom is 0.234 e. The van der Waals surface area contributed by atoms with Gasteiger partial charge in [0, 0.05) is 11.3 Å². The average molecular weight is 381 g/mol. The number of rotatable bonds is 6. The SMILES string of the molecule is CCc1ccc(-c2nc(SCC(=O)Nc3c(C)cc(C)cc3C)n[nH]2)cc1. The van der Waals surface area contributed by atoms with E-state index in [0.717, 1.165) is 28.8 Å². The van der Waals surface area contributed by atoms with E-state index < -0.39 is 0 Å². The summed E-state index contributed by atoms with van der Waals surface area (Å²) in [5, 5.41) is 10.7. The molecule has 0 bridgehead atoms. The van der Waals surface area contributed by atoms with Crippen LogP contribution in [0.5, 0.6) is 0 Å². The predicted molar refractivity (Wildman–Crippen MR) is 111 cm³/mol. The van der Waals surface area contributed by atoms with Crippen LogP contribution >= 0.6 is 11.8 Å². The minimum absolute atomic E-state index is 0.0614. The fourth-order valence-corrected chi connectivity index (χ4v) is 3.62. The van der Waals surface area contributed by atoms with Crippen molar-refractivity contribution in [3.63, 3.8) is 0 Å². The molecule has 5 nitrogen and oxygen atoms in total. The first-order chi connectivity index (χ1) is 13.0. The highest BCUT2D eigenvalue weighted by atomic mass is 32.2. The van der Waals surface area contributed by atoms with E-state index in [0.29, 0.717) is 11.0 Å². The van der Waals surface area contributed by atoms with Gasteiger partial charge < -0.3 is 5.32 Å². The zero-order valence-corrected chi connectivity index (χ0v) is 16.9. The smallest absolute Gasteiger partial charge is 0.234 e. The van der Waals surface area contributed by atoms with Gasteiger partial charge in [-0.15, -0.1) is 5.10 Å². The van der Waals surface area contributed by atoms with Gasteiger partial charge in [-0.05, 0) is 43.9 Å². The fourth-order valence-electron chi connectivity index (χ4n) is 3.02. The summed E-state index contributed by atoms with van der Waals surface area (Å²) in [6.45, 7) is 8.20. The fraction of sp³-hybridized carbons (Fsp3) is 0.286. The first-order valence-electron chi connectivity index (χ1n) is 8.98. The average Bonchev–Trinajstić information content (AvgIpc) is 3.12. The maximum atomic E-state index is 12.3. The van der Waals surface area contributed by atoms with E-state index in [4.69, 9.17) is 0 Å². The lowest BCUT2D eigenvalue weighted by Gasteiger charge is -2.12. The van der Waals surface area contributed by atoms with Crippen LogP contribution in [0.3, 0.4) is 0 Å². The molecule has 0 saturated carbocycles. The Kier molecular flexibility index (Phi) is 5.96. The number of carbonyl (C=O) groups excluding carboxylic acids is 1. The first kappa shape index (κ1) is 19.2. The standard InChI is InChI=1S/C21H24N4OS/c1-5-16-6-8-17(9-7-16)20-23-21(25-24-20)27-12-18(26)22-19-14(3)10-13(2)11-15(19)4/h6-11H,5,12H2,1-4H3,(H,22,26)(H,23,24,25). The van der Waals surface area contributed by atoms with E-state index in [2.05, 4.69) is 58.6 Å². The molecule has 140 valence electrons. The van der Waals surface area contributed by atoms with E-state index >= 15 is 0 Å². The Balaban J connectivity index is 1.60. The first-order valence-corrected chi connectivity index (χ1v) is 9.97. The molecule has 0 aliphatic rings. The van der Waals surface area contributed by atoms with Crippen molar-refractivity contribution in [1.29, 1.82) is 0 Å². The highest BCUT2D eigenvalue weighted by molar-refractivity contribution is 7.99. The molecule has 0 radical (unpaired) electrons. The summed E-state index contributed by atoms with van der Waals surface area (Å²) >= 11 is 1.32. The van der Waals surface area contributed by atoms with Crippen molar-refractivity contribution < 1.29 is 4.79 Å². The number of aromatic amines is 1. The van der Waals surface area contributed by atoms with Crippen LogP contribution in [0.1, 0.15) is 29.2 Å². The normalized spacial score (nSPS) is 10.8. The topological polar surface area (TPSA) is 70.7 Å². The molecule has 1 aromatic heterocycles. The van der Waals surface area contributed by atoms with Crippen LogP contribution in [0.4, 0.5) is 5.69 Å². The third kappa shape index (κ3) is 4.77. The summed E-state index contributed by atoms with van der Waals surface area (Å²) in [6, 6.07) is 12.4. The van der Waals surface area contributed by atoms with Gasteiger partial charge in [-0.2, -0.15) is 0 Å². The van der Waals surface area contributed by atoms with E-state index in [9.17, 15) is 4.79 Å². The summed E-state index contributed by atoms with van der Waals surface area (Å²) in [4.78, 5) is 16.8. The monoisotopic (exact) mass is 380 g/mol. The highest BCUT2D eigenvalue weighted by Crippen LogP contribution is 2.23. The van der Waals surface area contributed by atoms with Crippen LogP contribution in [0.2, 0.25) is 0 Å². The van der Waals surface area contributed by atoms with Crippen molar-refractivity contribution >= 4 is 23.4 Å². The lowest BCUT2D eigenvalue weighted by atomic mass is 10.1. The number of nitrogens with zero attached hydrogens (tertiary/aromatic N) is 2. The molecule has 1 amide bonds. The number of carbonyl (C=O) groups is 1. The highest BCUT2D eigenvalue weighted by Gasteiger charge is 2.11. The number of benzene rings is 2. The molecule has 0 unspecified atom stereocenters. The van der Waals surface area contributed by atoms with Crippen molar-refractivity contribution in [2.45, 2.75) is 39.3 Å². The van der Waals surface area contributed by atoms with E-state index in [1.807, 2.05) is 26.0 Å². The zero-order valence-electron chi connectivity index (χ0n) is 16.1. The number of thioether (sulfide) groups is 1. The van der Waals surface area contributed by atoms with Crippen molar-refractivity contribution in [2.24, 2.45) is 0 Å². The molecule has 3 rings (SSSR count). The Morgan fingerprint density at radius 3 is 2.41 bits per heavy atom. The second kappa shape index (κ2) is 8.39. The van der Waals surface area contributed by atoms with Gasteiger partial charge in [0.2, 0.25) is 11.1 Å². The second-order valence-electron chi connectivity index (χ2n) is 6.63. The predicted octanol–water partition coefficient (Wildman–Crippen LogP) is 4.69. The summed E-state index contributed by atoms with van der Waals surface area (Å²) < 4.78 is 0. The van der Waals surface area contributed by atoms with Gasteiger partial charge in [-0.3, -0.25) is 9.89 Å². The number of hydrogen-bond acceptors (Lipinski definition) is 4. The number of nitrogens with one attached hydrogen (secondary N) is 2. The van der Waals surface area contributed by atoms with Crippen LogP contribution in [-0.2, 0) is 11.2 Å². The van der Waals surface area contributed by atoms with Gasteiger partial charge in [0.05, 0.1) is 5.75 Å². The minimum atomic E-state index is -0.0614. The molecule has 1 heterocycles. The van der Waals surface area contributed by atoms with Crippen LogP contribution in [0.25, 0.3) is 11.4 Å². The van der Waals surface area contributed by atoms with Crippen LogP contribution in [0, 0.1) is 20.8 Å². The molecule has 0 atom stereocenters. The van der Waals surface area contributed by atoms with Gasteiger partial charge in [-0.25, -0.2) is 4.98 Å². The largest absolute Gasteiger partial charge is 0.325 e. The Labute approximate surface area is 164 Å². The van der Waals surface area contributed by atoms with Crippen LogP contribution in [-0.4, -0.2) is 26.8 Å². The van der Waals surface area contributed by atoms with E-state index in [1.54, 1.807) is 0 Å². The molecular weight excluding hydrogens is 356 g/mol. The molecule has 3 aromatic rings. The van der Waals surface area contributed by atoms with Gasteiger partial charge in [0.25, 0.3) is 0 Å². The molecule has 0 saturated heterocycles. The van der Waals surface area contributed by atoms with Crippen molar-refractivity contribution in [2.75, 3.05) is 11.1 Å².